The molecule has 1 aromatic heterocycles. The molecule has 0 aliphatic carbocycles. The fraction of sp³-hybridized carbons (Fsp3) is 0.0588. The molecule has 3 N–H and O–H groups in total. The van der Waals surface area contributed by atoms with E-state index < -0.39 is 0 Å². The number of hydrogen-bond acceptors (Lipinski definition) is 6. The molecule has 1 heterocycles. The summed E-state index contributed by atoms with van der Waals surface area (Å²) in [5.41, 5.74) is 2.32. The lowest BCUT2D eigenvalue weighted by atomic mass is 10.2. The average molecular weight is 399 g/mol. The molecule has 1 amide bonds. The van der Waals surface area contributed by atoms with Crippen molar-refractivity contribution in [1.82, 2.24) is 15.2 Å². The molecule has 3 aromatic rings. The normalized spacial score (nSPS) is 10.2. The minimum atomic E-state index is -0.124. The summed E-state index contributed by atoms with van der Waals surface area (Å²) in [6, 6.07) is 15.0. The molecule has 0 aliphatic rings. The molecule has 0 saturated heterocycles. The summed E-state index contributed by atoms with van der Waals surface area (Å²) in [4.78, 5) is 15.5. The smallest absolute Gasteiger partial charge is 0.249 e. The van der Waals surface area contributed by atoms with E-state index in [4.69, 9.17) is 0 Å². The van der Waals surface area contributed by atoms with Crippen molar-refractivity contribution in [2.75, 3.05) is 16.0 Å². The fourth-order valence-electron chi connectivity index (χ4n) is 2.13. The maximum atomic E-state index is 11.2. The maximum Gasteiger partial charge on any atom is 0.249 e. The summed E-state index contributed by atoms with van der Waals surface area (Å²) >= 11 is 3.47. The van der Waals surface area contributed by atoms with Crippen molar-refractivity contribution in [3.63, 3.8) is 0 Å². The van der Waals surface area contributed by atoms with Crippen LogP contribution in [0.15, 0.2) is 59.2 Å². The molecule has 0 saturated carbocycles. The van der Waals surface area contributed by atoms with Crippen LogP contribution in [0.1, 0.15) is 6.92 Å². The number of anilines is 5. The number of nitrogens with one attached hydrogen (secondary N) is 3. The van der Waals surface area contributed by atoms with Gasteiger partial charge in [-0.15, -0.1) is 5.10 Å². The molecule has 126 valence electrons. The number of para-hydroxylation sites is 1. The van der Waals surface area contributed by atoms with Crippen molar-refractivity contribution in [2.45, 2.75) is 6.92 Å². The second-order valence-electron chi connectivity index (χ2n) is 5.16. The van der Waals surface area contributed by atoms with Gasteiger partial charge in [0.25, 0.3) is 0 Å². The van der Waals surface area contributed by atoms with Crippen molar-refractivity contribution in [3.8, 4) is 0 Å². The maximum absolute atomic E-state index is 11.2. The number of carbonyl (C=O) groups excluding carboxylic acids is 1. The highest BCUT2D eigenvalue weighted by Gasteiger charge is 2.05. The van der Waals surface area contributed by atoms with Crippen LogP contribution in [0.2, 0.25) is 0 Å². The number of benzene rings is 2. The molecule has 0 bridgehead atoms. The van der Waals surface area contributed by atoms with Gasteiger partial charge in [0.2, 0.25) is 11.9 Å². The number of hydrogen-bond donors (Lipinski definition) is 3. The van der Waals surface area contributed by atoms with Crippen LogP contribution in [-0.2, 0) is 4.79 Å². The second kappa shape index (κ2) is 7.71. The van der Waals surface area contributed by atoms with E-state index >= 15 is 0 Å². The molecule has 8 heteroatoms. The Morgan fingerprint density at radius 1 is 1.04 bits per heavy atom. The molecule has 25 heavy (non-hydrogen) atoms. The lowest BCUT2D eigenvalue weighted by Gasteiger charge is -2.10. The van der Waals surface area contributed by atoms with E-state index in [9.17, 15) is 4.79 Å². The summed E-state index contributed by atoms with van der Waals surface area (Å²) in [5, 5.41) is 16.9. The van der Waals surface area contributed by atoms with E-state index in [1.54, 1.807) is 0 Å². The molecule has 0 atom stereocenters. The lowest BCUT2D eigenvalue weighted by molar-refractivity contribution is -0.114. The Hall–Kier alpha value is -3.00. The van der Waals surface area contributed by atoms with Gasteiger partial charge < -0.3 is 16.0 Å². The minimum Gasteiger partial charge on any atom is -0.339 e. The topological polar surface area (TPSA) is 91.8 Å². The van der Waals surface area contributed by atoms with E-state index in [2.05, 4.69) is 47.1 Å². The average Bonchev–Trinajstić information content (AvgIpc) is 2.57. The van der Waals surface area contributed by atoms with Gasteiger partial charge in [0.15, 0.2) is 5.82 Å². The zero-order chi connectivity index (χ0) is 17.6. The summed E-state index contributed by atoms with van der Waals surface area (Å²) < 4.78 is 0.903. The van der Waals surface area contributed by atoms with Crippen LogP contribution in [-0.4, -0.2) is 21.1 Å². The van der Waals surface area contributed by atoms with E-state index in [0.717, 1.165) is 15.8 Å². The van der Waals surface area contributed by atoms with Crippen LogP contribution in [0.5, 0.6) is 0 Å². The number of aromatic nitrogens is 3. The Morgan fingerprint density at radius 2 is 1.84 bits per heavy atom. The number of nitrogens with zero attached hydrogens (tertiary/aromatic N) is 3. The molecule has 0 fully saturated rings. The van der Waals surface area contributed by atoms with Gasteiger partial charge in [0.1, 0.15) is 0 Å². The first-order chi connectivity index (χ1) is 12.1. The standard InChI is InChI=1S/C17H15BrN6O/c1-11(25)20-12-5-4-6-13(9-12)21-16-10-19-24-17(23-16)22-15-8-3-2-7-14(15)18/h2-10H,1H3,(H,20,25)(H2,21,22,23,24). The quantitative estimate of drug-likeness (QED) is 0.599. The Morgan fingerprint density at radius 3 is 2.64 bits per heavy atom. The first kappa shape index (κ1) is 16.8. The van der Waals surface area contributed by atoms with Gasteiger partial charge in [-0.1, -0.05) is 18.2 Å². The minimum absolute atomic E-state index is 0.124. The molecular formula is C17H15BrN6O. The van der Waals surface area contributed by atoms with Crippen LogP contribution in [0.25, 0.3) is 0 Å². The molecule has 0 spiro atoms. The third-order valence-corrected chi connectivity index (χ3v) is 3.83. The molecule has 3 rings (SSSR count). The Balaban J connectivity index is 1.76. The third kappa shape index (κ3) is 4.74. The number of carbonyl (C=O) groups is 1. The van der Waals surface area contributed by atoms with Gasteiger partial charge in [-0.3, -0.25) is 4.79 Å². The van der Waals surface area contributed by atoms with Gasteiger partial charge in [0.05, 0.1) is 11.9 Å². The van der Waals surface area contributed by atoms with Gasteiger partial charge in [-0.25, -0.2) is 0 Å². The van der Waals surface area contributed by atoms with E-state index in [-0.39, 0.29) is 5.91 Å². The molecular weight excluding hydrogens is 384 g/mol. The van der Waals surface area contributed by atoms with Crippen molar-refractivity contribution in [1.29, 1.82) is 0 Å². The first-order valence-corrected chi connectivity index (χ1v) is 8.25. The molecule has 0 unspecified atom stereocenters. The molecule has 0 radical (unpaired) electrons. The van der Waals surface area contributed by atoms with Gasteiger partial charge >= 0.3 is 0 Å². The van der Waals surface area contributed by atoms with Crippen molar-refractivity contribution < 1.29 is 4.79 Å². The second-order valence-corrected chi connectivity index (χ2v) is 6.01. The lowest BCUT2D eigenvalue weighted by Crippen LogP contribution is -2.06. The molecule has 7 nitrogen and oxygen atoms in total. The SMILES string of the molecule is CC(=O)Nc1cccc(Nc2cnnc(Nc3ccccc3Br)n2)c1. The van der Waals surface area contributed by atoms with Crippen LogP contribution >= 0.6 is 15.9 Å². The van der Waals surface area contributed by atoms with Crippen LogP contribution in [0.3, 0.4) is 0 Å². The van der Waals surface area contributed by atoms with E-state index in [1.165, 1.54) is 13.1 Å². The summed E-state index contributed by atoms with van der Waals surface area (Å²) in [5.74, 6) is 0.778. The van der Waals surface area contributed by atoms with Gasteiger partial charge in [-0.05, 0) is 46.3 Å². The monoisotopic (exact) mass is 398 g/mol. The van der Waals surface area contributed by atoms with Crippen molar-refractivity contribution in [3.05, 3.63) is 59.2 Å². The van der Waals surface area contributed by atoms with Crippen LogP contribution in [0.4, 0.5) is 28.8 Å². The van der Waals surface area contributed by atoms with Crippen molar-refractivity contribution in [2.24, 2.45) is 0 Å². The summed E-state index contributed by atoms with van der Waals surface area (Å²) in [6.07, 6.45) is 1.52. The van der Waals surface area contributed by atoms with E-state index in [1.807, 2.05) is 48.5 Å². The highest BCUT2D eigenvalue weighted by molar-refractivity contribution is 9.10. The van der Waals surface area contributed by atoms with E-state index in [0.29, 0.717) is 17.5 Å². The van der Waals surface area contributed by atoms with Gasteiger partial charge in [-0.2, -0.15) is 10.1 Å². The third-order valence-electron chi connectivity index (χ3n) is 3.13. The van der Waals surface area contributed by atoms with Crippen LogP contribution < -0.4 is 16.0 Å². The zero-order valence-corrected chi connectivity index (χ0v) is 14.9. The zero-order valence-electron chi connectivity index (χ0n) is 13.3. The highest BCUT2D eigenvalue weighted by atomic mass is 79.9. The summed E-state index contributed by atoms with van der Waals surface area (Å²) in [7, 11) is 0. The van der Waals surface area contributed by atoms with Crippen LogP contribution in [0, 0.1) is 0 Å². The van der Waals surface area contributed by atoms with Crippen molar-refractivity contribution >= 4 is 50.7 Å². The number of halogens is 1. The predicted molar refractivity (Wildman–Crippen MR) is 101 cm³/mol. The predicted octanol–water partition coefficient (Wildman–Crippen LogP) is 4.08. The van der Waals surface area contributed by atoms with Gasteiger partial charge in [0, 0.05) is 22.8 Å². The molecule has 2 aromatic carbocycles. The fourth-order valence-corrected chi connectivity index (χ4v) is 2.51. The Labute approximate surface area is 153 Å². The highest BCUT2D eigenvalue weighted by Crippen LogP contribution is 2.24. The largest absolute Gasteiger partial charge is 0.339 e. The Bertz CT molecular complexity index is 902. The Kier molecular flexibility index (Phi) is 5.20. The molecule has 0 aliphatic heterocycles. The number of amides is 1. The number of rotatable bonds is 5. The summed E-state index contributed by atoms with van der Waals surface area (Å²) in [6.45, 7) is 1.47. The first-order valence-electron chi connectivity index (χ1n) is 7.46.